The highest BCUT2D eigenvalue weighted by molar-refractivity contribution is 7.93. The predicted molar refractivity (Wildman–Crippen MR) is 134 cm³/mol. The molecule has 0 bridgehead atoms. The summed E-state index contributed by atoms with van der Waals surface area (Å²) in [5.74, 6) is -1.39. The maximum atomic E-state index is 13.7. The van der Waals surface area contributed by atoms with Crippen molar-refractivity contribution in [2.24, 2.45) is 5.92 Å². The van der Waals surface area contributed by atoms with Crippen LogP contribution in [0.2, 0.25) is 5.15 Å². The number of sulfonamides is 2. The summed E-state index contributed by atoms with van der Waals surface area (Å²) in [5.41, 5.74) is 0.179. The van der Waals surface area contributed by atoms with Gasteiger partial charge in [-0.1, -0.05) is 18.5 Å². The Morgan fingerprint density at radius 3 is 2.57 bits per heavy atom. The first-order chi connectivity index (χ1) is 17.3. The summed E-state index contributed by atoms with van der Waals surface area (Å²) >= 11 is 6.14. The molecule has 0 radical (unpaired) electrons. The molecule has 1 aliphatic carbocycles. The van der Waals surface area contributed by atoms with E-state index >= 15 is 0 Å². The molecule has 202 valence electrons. The molecule has 1 unspecified atom stereocenters. The minimum Gasteiger partial charge on any atom is -0.486 e. The Labute approximate surface area is 218 Å². The number of hydrogen-bond donors (Lipinski definition) is 3. The van der Waals surface area contributed by atoms with Crippen molar-refractivity contribution < 1.29 is 36.3 Å². The number of nitrogens with one attached hydrogen (secondary N) is 2. The van der Waals surface area contributed by atoms with Gasteiger partial charge in [-0.3, -0.25) is 23.8 Å². The Bertz CT molecular complexity index is 1440. The molecule has 16 heteroatoms. The fourth-order valence-electron chi connectivity index (χ4n) is 3.90. The number of carboxylic acid groups (broad SMARTS) is 1. The molecule has 2 amide bonds. The third-order valence-electron chi connectivity index (χ3n) is 5.99. The SMILES string of the molecule is CCn1cc(S(=O)(=O)N2C[C@H](CC(C)C(=O)NS(=O)(=O)C3CC3)Oc3ccc(NC(=O)O)cc32)c(Cl)n1. The van der Waals surface area contributed by atoms with Crippen molar-refractivity contribution in [2.45, 2.75) is 55.9 Å². The molecule has 1 saturated carbocycles. The Morgan fingerprint density at radius 2 is 1.97 bits per heavy atom. The Morgan fingerprint density at radius 1 is 1.27 bits per heavy atom. The van der Waals surface area contributed by atoms with Gasteiger partial charge in [0.25, 0.3) is 10.0 Å². The molecule has 0 spiro atoms. The fraction of sp³-hybridized carbons (Fsp3) is 0.476. The van der Waals surface area contributed by atoms with E-state index in [0.29, 0.717) is 19.4 Å². The zero-order chi connectivity index (χ0) is 27.1. The molecule has 2 aromatic rings. The lowest BCUT2D eigenvalue weighted by Crippen LogP contribution is -2.45. The van der Waals surface area contributed by atoms with Gasteiger partial charge in [0.05, 0.1) is 17.5 Å². The number of carbonyl (C=O) groups excluding carboxylic acids is 1. The summed E-state index contributed by atoms with van der Waals surface area (Å²) in [7, 11) is -8.03. The van der Waals surface area contributed by atoms with Crippen LogP contribution < -0.4 is 19.1 Å². The second-order valence-electron chi connectivity index (χ2n) is 8.88. The third kappa shape index (κ3) is 5.78. The van der Waals surface area contributed by atoms with Gasteiger partial charge < -0.3 is 9.84 Å². The molecule has 2 aliphatic rings. The van der Waals surface area contributed by atoms with Crippen LogP contribution in [0.25, 0.3) is 0 Å². The molecule has 2 heterocycles. The standard InChI is InChI=1S/C21H26ClN5O8S2/c1-3-26-11-18(19(22)24-26)37(33,34)27-10-14(8-12(2)20(28)25-36(31,32)15-5-6-15)35-17-7-4-13(9-16(17)27)23-21(29)30/h4,7,9,11-12,14-15,23H,3,5-6,8,10H2,1-2H3,(H,25,28)(H,29,30)/t12?,14-/m0/s1. The van der Waals surface area contributed by atoms with E-state index in [1.807, 2.05) is 0 Å². The first-order valence-electron chi connectivity index (χ1n) is 11.4. The van der Waals surface area contributed by atoms with Gasteiger partial charge >= 0.3 is 6.09 Å². The zero-order valence-corrected chi connectivity index (χ0v) is 22.3. The number of aromatic nitrogens is 2. The summed E-state index contributed by atoms with van der Waals surface area (Å²) in [4.78, 5) is 23.4. The Balaban J connectivity index is 1.64. The van der Waals surface area contributed by atoms with Gasteiger partial charge in [-0.2, -0.15) is 5.10 Å². The monoisotopic (exact) mass is 575 g/mol. The molecule has 1 aromatic heterocycles. The van der Waals surface area contributed by atoms with E-state index in [-0.39, 0.29) is 40.1 Å². The van der Waals surface area contributed by atoms with E-state index in [2.05, 4.69) is 15.1 Å². The lowest BCUT2D eigenvalue weighted by Gasteiger charge is -2.36. The van der Waals surface area contributed by atoms with Crippen LogP contribution in [0.1, 0.15) is 33.1 Å². The molecular formula is C21H26ClN5O8S2. The van der Waals surface area contributed by atoms with Crippen LogP contribution in [-0.4, -0.2) is 61.6 Å². The summed E-state index contributed by atoms with van der Waals surface area (Å²) in [5, 5.41) is 14.4. The number of hydrogen-bond acceptors (Lipinski definition) is 8. The number of aryl methyl sites for hydroxylation is 1. The van der Waals surface area contributed by atoms with Crippen LogP contribution >= 0.6 is 11.6 Å². The average Bonchev–Trinajstić information content (AvgIpc) is 3.60. The maximum Gasteiger partial charge on any atom is 0.409 e. The molecule has 1 aliphatic heterocycles. The number of halogens is 1. The van der Waals surface area contributed by atoms with Crippen LogP contribution in [0, 0.1) is 5.92 Å². The number of fused-ring (bicyclic) bond motifs is 1. The van der Waals surface area contributed by atoms with Crippen molar-refractivity contribution in [3.05, 3.63) is 29.5 Å². The molecular weight excluding hydrogens is 550 g/mol. The third-order valence-corrected chi connectivity index (χ3v) is 10.00. The topological polar surface area (TPSA) is 177 Å². The minimum absolute atomic E-state index is 0.00849. The lowest BCUT2D eigenvalue weighted by atomic mass is 10.0. The Kier molecular flexibility index (Phi) is 7.32. The highest BCUT2D eigenvalue weighted by atomic mass is 35.5. The maximum absolute atomic E-state index is 13.7. The zero-order valence-electron chi connectivity index (χ0n) is 19.9. The van der Waals surface area contributed by atoms with Gasteiger partial charge in [0.15, 0.2) is 5.15 Å². The molecule has 1 fully saturated rings. The van der Waals surface area contributed by atoms with Crippen LogP contribution in [0.15, 0.2) is 29.3 Å². The molecule has 0 saturated heterocycles. The van der Waals surface area contributed by atoms with Crippen molar-refractivity contribution in [1.29, 1.82) is 0 Å². The van der Waals surface area contributed by atoms with Crippen molar-refractivity contribution >= 4 is 55.0 Å². The Hall–Kier alpha value is -3.04. The van der Waals surface area contributed by atoms with Crippen LogP contribution in [-0.2, 0) is 31.4 Å². The summed E-state index contributed by atoms with van der Waals surface area (Å²) in [6.45, 7) is 3.42. The van der Waals surface area contributed by atoms with E-state index in [0.717, 1.165) is 4.31 Å². The molecule has 4 rings (SSSR count). The molecule has 3 N–H and O–H groups in total. The predicted octanol–water partition coefficient (Wildman–Crippen LogP) is 2.24. The van der Waals surface area contributed by atoms with Gasteiger partial charge in [0.2, 0.25) is 15.9 Å². The van der Waals surface area contributed by atoms with Gasteiger partial charge in [-0.15, -0.1) is 0 Å². The van der Waals surface area contributed by atoms with Gasteiger partial charge in [-0.25, -0.2) is 21.6 Å². The van der Waals surface area contributed by atoms with Crippen LogP contribution in [0.4, 0.5) is 16.2 Å². The van der Waals surface area contributed by atoms with Gasteiger partial charge in [-0.05, 0) is 44.4 Å². The van der Waals surface area contributed by atoms with Crippen molar-refractivity contribution in [3.8, 4) is 5.75 Å². The minimum atomic E-state index is -4.29. The summed E-state index contributed by atoms with van der Waals surface area (Å²) in [6.07, 6.45) is 0.140. The van der Waals surface area contributed by atoms with E-state index in [1.54, 1.807) is 6.92 Å². The van der Waals surface area contributed by atoms with Crippen molar-refractivity contribution in [3.63, 3.8) is 0 Å². The number of ether oxygens (including phenoxy) is 1. The number of rotatable bonds is 9. The first kappa shape index (κ1) is 27.0. The largest absolute Gasteiger partial charge is 0.486 e. The van der Waals surface area contributed by atoms with E-state index in [4.69, 9.17) is 21.4 Å². The highest BCUT2D eigenvalue weighted by Gasteiger charge is 2.40. The van der Waals surface area contributed by atoms with Crippen molar-refractivity contribution in [1.82, 2.24) is 14.5 Å². The molecule has 1 aromatic carbocycles. The molecule has 37 heavy (non-hydrogen) atoms. The first-order valence-corrected chi connectivity index (χ1v) is 14.8. The van der Waals surface area contributed by atoms with E-state index in [9.17, 15) is 26.4 Å². The summed E-state index contributed by atoms with van der Waals surface area (Å²) in [6, 6.07) is 4.13. The number of carbonyl (C=O) groups is 2. The van der Waals surface area contributed by atoms with Crippen LogP contribution in [0.5, 0.6) is 5.75 Å². The van der Waals surface area contributed by atoms with Gasteiger partial charge in [0.1, 0.15) is 16.7 Å². The second-order valence-corrected chi connectivity index (χ2v) is 13.0. The van der Waals surface area contributed by atoms with Gasteiger partial charge in [0, 0.05) is 24.3 Å². The van der Waals surface area contributed by atoms with Crippen molar-refractivity contribution in [2.75, 3.05) is 16.2 Å². The number of amides is 2. The molecule has 2 atom stereocenters. The van der Waals surface area contributed by atoms with E-state index < -0.39 is 49.3 Å². The van der Waals surface area contributed by atoms with E-state index in [1.165, 1.54) is 36.0 Å². The fourth-order valence-corrected chi connectivity index (χ4v) is 7.25. The number of benzene rings is 1. The van der Waals surface area contributed by atoms with Crippen LogP contribution in [0.3, 0.4) is 0 Å². The molecule has 13 nitrogen and oxygen atoms in total. The average molecular weight is 576 g/mol. The quantitative estimate of drug-likeness (QED) is 0.404. The lowest BCUT2D eigenvalue weighted by molar-refractivity contribution is -0.123. The highest BCUT2D eigenvalue weighted by Crippen LogP contribution is 2.41. The normalized spacial score (nSPS) is 18.5. The summed E-state index contributed by atoms with van der Waals surface area (Å²) < 4.78 is 62.2. The number of nitrogens with zero attached hydrogens (tertiary/aromatic N) is 3. The smallest absolute Gasteiger partial charge is 0.409 e. The second kappa shape index (κ2) is 10.0. The number of anilines is 2.